The van der Waals surface area contributed by atoms with E-state index in [2.05, 4.69) is 26.5 Å². The van der Waals surface area contributed by atoms with Crippen LogP contribution < -0.4 is 10.6 Å². The standard InChI is InChI=1S/C14H16N4OS/c1-9-2-5-16-14(12(9)13(15)17-19)18-6-3-11-10(8-18)4-7-20-11/h2,4-5,7,19H,3,6,8H2,1H3,(H2,15,17). The lowest BCUT2D eigenvalue weighted by Gasteiger charge is -2.29. The summed E-state index contributed by atoms with van der Waals surface area (Å²) in [5.74, 6) is 0.902. The van der Waals surface area contributed by atoms with Crippen molar-refractivity contribution in [2.75, 3.05) is 11.4 Å². The normalized spacial score (nSPS) is 15.2. The third kappa shape index (κ3) is 2.12. The third-order valence-corrected chi connectivity index (χ3v) is 4.63. The molecular weight excluding hydrogens is 272 g/mol. The van der Waals surface area contributed by atoms with Gasteiger partial charge >= 0.3 is 0 Å². The summed E-state index contributed by atoms with van der Waals surface area (Å²) in [5, 5.41) is 14.2. The topological polar surface area (TPSA) is 74.7 Å². The lowest BCUT2D eigenvalue weighted by molar-refractivity contribution is 0.318. The Bertz CT molecular complexity index is 665. The van der Waals surface area contributed by atoms with Gasteiger partial charge in [0.1, 0.15) is 5.82 Å². The van der Waals surface area contributed by atoms with E-state index in [0.717, 1.165) is 30.9 Å². The first-order valence-electron chi connectivity index (χ1n) is 6.44. The number of fused-ring (bicyclic) bond motifs is 1. The maximum atomic E-state index is 8.98. The largest absolute Gasteiger partial charge is 0.409 e. The summed E-state index contributed by atoms with van der Waals surface area (Å²) in [6, 6.07) is 4.03. The molecule has 1 aliphatic heterocycles. The zero-order valence-corrected chi connectivity index (χ0v) is 12.0. The Labute approximate surface area is 121 Å². The van der Waals surface area contributed by atoms with Gasteiger partial charge < -0.3 is 15.8 Å². The average Bonchev–Trinajstić information content (AvgIpc) is 2.93. The molecule has 3 N–H and O–H groups in total. The zero-order valence-electron chi connectivity index (χ0n) is 11.2. The van der Waals surface area contributed by atoms with E-state index in [1.165, 1.54) is 10.4 Å². The molecule has 104 valence electrons. The van der Waals surface area contributed by atoms with Gasteiger partial charge in [-0.15, -0.1) is 11.3 Å². The highest BCUT2D eigenvalue weighted by Crippen LogP contribution is 2.29. The molecule has 0 unspecified atom stereocenters. The van der Waals surface area contributed by atoms with Crippen molar-refractivity contribution in [3.8, 4) is 0 Å². The summed E-state index contributed by atoms with van der Waals surface area (Å²) in [5.41, 5.74) is 8.83. The van der Waals surface area contributed by atoms with E-state index in [0.29, 0.717) is 5.56 Å². The number of aryl methyl sites for hydroxylation is 1. The van der Waals surface area contributed by atoms with Crippen LogP contribution in [0.5, 0.6) is 0 Å². The van der Waals surface area contributed by atoms with Crippen LogP contribution in [0, 0.1) is 6.92 Å². The SMILES string of the molecule is Cc1ccnc(N2CCc3sccc3C2)c1/C(N)=N/O. The number of hydrogen-bond donors (Lipinski definition) is 2. The number of aromatic nitrogens is 1. The van der Waals surface area contributed by atoms with Crippen LogP contribution in [0.4, 0.5) is 5.82 Å². The highest BCUT2D eigenvalue weighted by atomic mass is 32.1. The predicted molar refractivity (Wildman–Crippen MR) is 80.6 cm³/mol. The van der Waals surface area contributed by atoms with Gasteiger partial charge in [-0.05, 0) is 42.0 Å². The van der Waals surface area contributed by atoms with Gasteiger partial charge in [0.25, 0.3) is 0 Å². The molecule has 0 bridgehead atoms. The van der Waals surface area contributed by atoms with Crippen molar-refractivity contribution in [2.45, 2.75) is 19.9 Å². The van der Waals surface area contributed by atoms with E-state index in [9.17, 15) is 0 Å². The van der Waals surface area contributed by atoms with Gasteiger partial charge in [0.05, 0.1) is 5.56 Å². The molecule has 0 atom stereocenters. The highest BCUT2D eigenvalue weighted by molar-refractivity contribution is 7.10. The van der Waals surface area contributed by atoms with Gasteiger partial charge in [-0.3, -0.25) is 0 Å². The quantitative estimate of drug-likeness (QED) is 0.384. The number of oxime groups is 1. The number of nitrogens with two attached hydrogens (primary N) is 1. The molecule has 0 aliphatic carbocycles. The Morgan fingerprint density at radius 2 is 2.35 bits per heavy atom. The van der Waals surface area contributed by atoms with E-state index in [1.54, 1.807) is 17.5 Å². The molecule has 0 fully saturated rings. The van der Waals surface area contributed by atoms with Crippen LogP contribution in [0.2, 0.25) is 0 Å². The molecule has 0 spiro atoms. The first kappa shape index (κ1) is 12.9. The first-order chi connectivity index (χ1) is 9.70. The Balaban J connectivity index is 2.02. The molecule has 20 heavy (non-hydrogen) atoms. The zero-order chi connectivity index (χ0) is 14.1. The minimum Gasteiger partial charge on any atom is -0.409 e. The second-order valence-corrected chi connectivity index (χ2v) is 5.85. The van der Waals surface area contributed by atoms with Crippen molar-refractivity contribution in [2.24, 2.45) is 10.9 Å². The molecule has 2 aromatic rings. The minimum absolute atomic E-state index is 0.113. The minimum atomic E-state index is 0.113. The smallest absolute Gasteiger partial charge is 0.174 e. The third-order valence-electron chi connectivity index (χ3n) is 3.61. The molecule has 0 aromatic carbocycles. The van der Waals surface area contributed by atoms with Crippen LogP contribution in [0.25, 0.3) is 0 Å². The van der Waals surface area contributed by atoms with E-state index < -0.39 is 0 Å². The molecule has 0 radical (unpaired) electrons. The summed E-state index contributed by atoms with van der Waals surface area (Å²) in [7, 11) is 0. The van der Waals surface area contributed by atoms with Crippen molar-refractivity contribution in [1.29, 1.82) is 0 Å². The summed E-state index contributed by atoms with van der Waals surface area (Å²) in [4.78, 5) is 8.08. The van der Waals surface area contributed by atoms with Crippen molar-refractivity contribution < 1.29 is 5.21 Å². The molecule has 0 amide bonds. The molecule has 0 saturated heterocycles. The van der Waals surface area contributed by atoms with Gasteiger partial charge in [0, 0.05) is 24.2 Å². The van der Waals surface area contributed by atoms with Crippen molar-refractivity contribution in [1.82, 2.24) is 4.98 Å². The molecule has 3 heterocycles. The maximum absolute atomic E-state index is 8.98. The fourth-order valence-corrected chi connectivity index (χ4v) is 3.47. The van der Waals surface area contributed by atoms with Gasteiger partial charge in [0.2, 0.25) is 0 Å². The number of anilines is 1. The van der Waals surface area contributed by atoms with Gasteiger partial charge in [-0.2, -0.15) is 0 Å². The molecule has 0 saturated carbocycles. The molecule has 3 rings (SSSR count). The van der Waals surface area contributed by atoms with Crippen LogP contribution in [-0.2, 0) is 13.0 Å². The van der Waals surface area contributed by atoms with E-state index in [1.807, 2.05) is 13.0 Å². The lowest BCUT2D eigenvalue weighted by Crippen LogP contribution is -2.32. The van der Waals surface area contributed by atoms with E-state index >= 15 is 0 Å². The number of nitrogens with zero attached hydrogens (tertiary/aromatic N) is 3. The van der Waals surface area contributed by atoms with Crippen molar-refractivity contribution in [3.63, 3.8) is 0 Å². The maximum Gasteiger partial charge on any atom is 0.174 e. The Kier molecular flexibility index (Phi) is 3.31. The average molecular weight is 288 g/mol. The molecular formula is C14H16N4OS. The second-order valence-electron chi connectivity index (χ2n) is 4.85. The molecule has 1 aliphatic rings. The van der Waals surface area contributed by atoms with E-state index in [4.69, 9.17) is 10.9 Å². The number of amidine groups is 1. The summed E-state index contributed by atoms with van der Waals surface area (Å²) >= 11 is 1.81. The predicted octanol–water partition coefficient (Wildman–Crippen LogP) is 2.11. The van der Waals surface area contributed by atoms with Crippen LogP contribution in [-0.4, -0.2) is 22.6 Å². The Morgan fingerprint density at radius 3 is 3.15 bits per heavy atom. The van der Waals surface area contributed by atoms with Crippen molar-refractivity contribution >= 4 is 23.0 Å². The second kappa shape index (κ2) is 5.13. The van der Waals surface area contributed by atoms with Crippen LogP contribution in [0.3, 0.4) is 0 Å². The van der Waals surface area contributed by atoms with Crippen LogP contribution in [0.1, 0.15) is 21.6 Å². The van der Waals surface area contributed by atoms with Gasteiger partial charge in [-0.1, -0.05) is 5.16 Å². The number of rotatable bonds is 2. The van der Waals surface area contributed by atoms with Crippen LogP contribution in [0.15, 0.2) is 28.9 Å². The van der Waals surface area contributed by atoms with E-state index in [-0.39, 0.29) is 5.84 Å². The summed E-state index contributed by atoms with van der Waals surface area (Å²) in [6.07, 6.45) is 2.78. The number of thiophene rings is 1. The van der Waals surface area contributed by atoms with Crippen molar-refractivity contribution in [3.05, 3.63) is 45.3 Å². The Morgan fingerprint density at radius 1 is 1.50 bits per heavy atom. The monoisotopic (exact) mass is 288 g/mol. The summed E-state index contributed by atoms with van der Waals surface area (Å²) < 4.78 is 0. The number of hydrogen-bond acceptors (Lipinski definition) is 5. The van der Waals surface area contributed by atoms with Gasteiger partial charge in [-0.25, -0.2) is 4.98 Å². The molecule has 5 nitrogen and oxygen atoms in total. The molecule has 2 aromatic heterocycles. The van der Waals surface area contributed by atoms with Crippen LogP contribution >= 0.6 is 11.3 Å². The van der Waals surface area contributed by atoms with Gasteiger partial charge in [0.15, 0.2) is 5.84 Å². The molecule has 6 heteroatoms. The lowest BCUT2D eigenvalue weighted by atomic mass is 10.1. The Hall–Kier alpha value is -2.08. The highest BCUT2D eigenvalue weighted by Gasteiger charge is 2.22. The summed E-state index contributed by atoms with van der Waals surface area (Å²) in [6.45, 7) is 3.66. The first-order valence-corrected chi connectivity index (χ1v) is 7.32. The fraction of sp³-hybridized carbons (Fsp3) is 0.286. The number of pyridine rings is 1. The fourth-order valence-electron chi connectivity index (χ4n) is 2.58.